The van der Waals surface area contributed by atoms with E-state index in [0.717, 1.165) is 19.3 Å². The summed E-state index contributed by atoms with van der Waals surface area (Å²) in [7, 11) is 0. The molecule has 0 saturated carbocycles. The second-order valence-electron chi connectivity index (χ2n) is 6.97. The summed E-state index contributed by atoms with van der Waals surface area (Å²) in [5.74, 6) is 1.17. The minimum atomic E-state index is -0.419. The molecule has 140 valence electrons. The van der Waals surface area contributed by atoms with Crippen molar-refractivity contribution < 1.29 is 14.0 Å². The monoisotopic (exact) mass is 366 g/mol. The fourth-order valence-corrected chi connectivity index (χ4v) is 4.67. The van der Waals surface area contributed by atoms with Crippen molar-refractivity contribution >= 4 is 23.6 Å². The number of nitrogens with zero attached hydrogens (tertiary/aromatic N) is 1. The Morgan fingerprint density at radius 1 is 1.36 bits per heavy atom. The van der Waals surface area contributed by atoms with Crippen molar-refractivity contribution in [2.75, 3.05) is 12.3 Å². The molecule has 1 aliphatic rings. The van der Waals surface area contributed by atoms with Gasteiger partial charge in [0.2, 0.25) is 5.91 Å². The minimum absolute atomic E-state index is 0.0217. The van der Waals surface area contributed by atoms with Gasteiger partial charge >= 0.3 is 0 Å². The van der Waals surface area contributed by atoms with Crippen molar-refractivity contribution in [2.45, 2.75) is 64.3 Å². The summed E-state index contributed by atoms with van der Waals surface area (Å²) in [5, 5.41) is 3.03. The predicted octanol–water partition coefficient (Wildman–Crippen LogP) is 3.91. The molecule has 0 spiro atoms. The van der Waals surface area contributed by atoms with E-state index < -0.39 is 6.04 Å². The third-order valence-electron chi connectivity index (χ3n) is 4.36. The van der Waals surface area contributed by atoms with Crippen LogP contribution < -0.4 is 5.32 Å². The van der Waals surface area contributed by atoms with Crippen molar-refractivity contribution in [3.8, 4) is 0 Å². The zero-order valence-electron chi connectivity index (χ0n) is 15.5. The first-order chi connectivity index (χ1) is 12.0. The molecule has 5 nitrogen and oxygen atoms in total. The number of hydrogen-bond acceptors (Lipinski definition) is 4. The van der Waals surface area contributed by atoms with Crippen LogP contribution in [0.1, 0.15) is 63.4 Å². The lowest BCUT2D eigenvalue weighted by Gasteiger charge is -2.29. The van der Waals surface area contributed by atoms with Crippen LogP contribution in [-0.4, -0.2) is 40.4 Å². The molecule has 1 saturated heterocycles. The molecule has 0 radical (unpaired) electrons. The molecule has 2 amide bonds. The predicted molar refractivity (Wildman–Crippen MR) is 102 cm³/mol. The van der Waals surface area contributed by atoms with Crippen molar-refractivity contribution in [1.82, 2.24) is 10.2 Å². The zero-order chi connectivity index (χ0) is 18.2. The highest BCUT2D eigenvalue weighted by molar-refractivity contribution is 8.00. The number of furan rings is 1. The normalized spacial score (nSPS) is 20.2. The summed E-state index contributed by atoms with van der Waals surface area (Å²) in [6.07, 6.45) is 6.85. The van der Waals surface area contributed by atoms with Crippen LogP contribution in [0.3, 0.4) is 0 Å². The van der Waals surface area contributed by atoms with E-state index >= 15 is 0 Å². The maximum absolute atomic E-state index is 12.9. The molecule has 6 heteroatoms. The summed E-state index contributed by atoms with van der Waals surface area (Å²) in [4.78, 5) is 27.2. The van der Waals surface area contributed by atoms with Crippen LogP contribution in [0.4, 0.5) is 0 Å². The molecule has 1 fully saturated rings. The molecule has 1 aliphatic heterocycles. The van der Waals surface area contributed by atoms with Crippen LogP contribution in [0, 0.1) is 5.92 Å². The lowest BCUT2D eigenvalue weighted by molar-refractivity contribution is -0.124. The third-order valence-corrected chi connectivity index (χ3v) is 5.68. The van der Waals surface area contributed by atoms with Gasteiger partial charge in [-0.15, -0.1) is 11.8 Å². The lowest BCUT2D eigenvalue weighted by atomic mass is 10.1. The number of hydrogen-bond donors (Lipinski definition) is 1. The average molecular weight is 367 g/mol. The standard InChI is InChI=1S/C19H30N2O3S/c1-4-5-6-7-10-20-18(22)15-13-25-17(12-14(2)3)21(15)19(23)16-9-8-11-24-16/h8-9,11,14-15,17H,4-7,10,12-13H2,1-3H3,(H,20,22). The van der Waals surface area contributed by atoms with Gasteiger partial charge in [-0.2, -0.15) is 0 Å². The molecular formula is C19H30N2O3S. The number of rotatable bonds is 9. The van der Waals surface area contributed by atoms with Crippen molar-refractivity contribution in [3.63, 3.8) is 0 Å². The van der Waals surface area contributed by atoms with Crippen LogP contribution in [-0.2, 0) is 4.79 Å². The van der Waals surface area contributed by atoms with Crippen molar-refractivity contribution in [1.29, 1.82) is 0 Å². The highest BCUT2D eigenvalue weighted by Gasteiger charge is 2.42. The second-order valence-corrected chi connectivity index (χ2v) is 8.19. The highest BCUT2D eigenvalue weighted by atomic mass is 32.2. The largest absolute Gasteiger partial charge is 0.459 e. The van der Waals surface area contributed by atoms with Gasteiger partial charge in [-0.1, -0.05) is 40.0 Å². The van der Waals surface area contributed by atoms with Gasteiger partial charge in [0.15, 0.2) is 5.76 Å². The van der Waals surface area contributed by atoms with E-state index in [4.69, 9.17) is 4.42 Å². The Hall–Kier alpha value is -1.43. The number of nitrogens with one attached hydrogen (secondary N) is 1. The maximum Gasteiger partial charge on any atom is 0.291 e. The van der Waals surface area contributed by atoms with Gasteiger partial charge in [0, 0.05) is 12.3 Å². The number of carbonyl (C=O) groups excluding carboxylic acids is 2. The lowest BCUT2D eigenvalue weighted by Crippen LogP contribution is -2.50. The van der Waals surface area contributed by atoms with E-state index in [-0.39, 0.29) is 17.2 Å². The summed E-state index contributed by atoms with van der Waals surface area (Å²) >= 11 is 1.69. The van der Waals surface area contributed by atoms with Gasteiger partial charge in [0.05, 0.1) is 11.6 Å². The minimum Gasteiger partial charge on any atom is -0.459 e. The first-order valence-corrected chi connectivity index (χ1v) is 10.3. The Morgan fingerprint density at radius 3 is 2.80 bits per heavy atom. The molecule has 0 aliphatic carbocycles. The van der Waals surface area contributed by atoms with Crippen LogP contribution in [0.25, 0.3) is 0 Å². The second kappa shape index (κ2) is 9.90. The first-order valence-electron chi connectivity index (χ1n) is 9.30. The van der Waals surface area contributed by atoms with Gasteiger partial charge < -0.3 is 14.6 Å². The number of thioether (sulfide) groups is 1. The summed E-state index contributed by atoms with van der Waals surface area (Å²) in [6.45, 7) is 7.12. The van der Waals surface area contributed by atoms with Crippen LogP contribution in [0.5, 0.6) is 0 Å². The Kier molecular flexibility index (Phi) is 7.88. The Bertz CT molecular complexity index is 545. The maximum atomic E-state index is 12.9. The molecule has 2 rings (SSSR count). The third kappa shape index (κ3) is 5.53. The molecule has 0 aromatic carbocycles. The van der Waals surface area contributed by atoms with Crippen LogP contribution in [0.2, 0.25) is 0 Å². The molecule has 1 N–H and O–H groups in total. The molecule has 25 heavy (non-hydrogen) atoms. The van der Waals surface area contributed by atoms with E-state index in [0.29, 0.717) is 24.0 Å². The van der Waals surface area contributed by atoms with Crippen molar-refractivity contribution in [2.24, 2.45) is 5.92 Å². The average Bonchev–Trinajstić information content (AvgIpc) is 3.23. The smallest absolute Gasteiger partial charge is 0.291 e. The highest BCUT2D eigenvalue weighted by Crippen LogP contribution is 2.34. The number of amides is 2. The molecular weight excluding hydrogens is 336 g/mol. The fraction of sp³-hybridized carbons (Fsp3) is 0.684. The van der Waals surface area contributed by atoms with E-state index in [2.05, 4.69) is 26.1 Å². The number of unbranched alkanes of at least 4 members (excludes halogenated alkanes) is 3. The summed E-state index contributed by atoms with van der Waals surface area (Å²) < 4.78 is 5.28. The Morgan fingerprint density at radius 2 is 2.16 bits per heavy atom. The van der Waals surface area contributed by atoms with Gasteiger partial charge in [-0.3, -0.25) is 9.59 Å². The summed E-state index contributed by atoms with van der Waals surface area (Å²) in [6, 6.07) is 2.95. The van der Waals surface area contributed by atoms with Crippen LogP contribution >= 0.6 is 11.8 Å². The topological polar surface area (TPSA) is 62.6 Å². The molecule has 1 aromatic rings. The Labute approximate surface area is 154 Å². The molecule has 0 bridgehead atoms. The van der Waals surface area contributed by atoms with Crippen LogP contribution in [0.15, 0.2) is 22.8 Å². The van der Waals surface area contributed by atoms with E-state index in [1.807, 2.05) is 0 Å². The Balaban J connectivity index is 2.02. The first kappa shape index (κ1) is 19.9. The SMILES string of the molecule is CCCCCCNC(=O)C1CSC(CC(C)C)N1C(=O)c1ccco1. The van der Waals surface area contributed by atoms with Crippen molar-refractivity contribution in [3.05, 3.63) is 24.2 Å². The fourth-order valence-electron chi connectivity index (χ4n) is 3.03. The molecule has 2 atom stereocenters. The molecule has 2 unspecified atom stereocenters. The molecule has 1 aromatic heterocycles. The zero-order valence-corrected chi connectivity index (χ0v) is 16.3. The quantitative estimate of drug-likeness (QED) is 0.673. The van der Waals surface area contributed by atoms with Gasteiger partial charge in [-0.25, -0.2) is 0 Å². The van der Waals surface area contributed by atoms with E-state index in [1.165, 1.54) is 19.1 Å². The summed E-state index contributed by atoms with van der Waals surface area (Å²) in [5.41, 5.74) is 0. The van der Waals surface area contributed by atoms with Gasteiger partial charge in [-0.05, 0) is 30.9 Å². The van der Waals surface area contributed by atoms with Gasteiger partial charge in [0.1, 0.15) is 6.04 Å². The van der Waals surface area contributed by atoms with E-state index in [9.17, 15) is 9.59 Å². The van der Waals surface area contributed by atoms with E-state index in [1.54, 1.807) is 28.8 Å². The number of carbonyl (C=O) groups is 2. The van der Waals surface area contributed by atoms with Gasteiger partial charge in [0.25, 0.3) is 5.91 Å². The molecule has 2 heterocycles.